The molecule has 0 radical (unpaired) electrons. The van der Waals surface area contributed by atoms with Crippen molar-refractivity contribution in [3.63, 3.8) is 0 Å². The lowest BCUT2D eigenvalue weighted by Crippen LogP contribution is -1.96. The molecule has 0 amide bonds. The van der Waals surface area contributed by atoms with E-state index in [1.54, 1.807) is 18.3 Å². The molecule has 0 bridgehead atoms. The van der Waals surface area contributed by atoms with Crippen molar-refractivity contribution in [3.8, 4) is 0 Å². The Morgan fingerprint density at radius 2 is 2.11 bits per heavy atom. The second-order valence-corrected chi connectivity index (χ2v) is 4.41. The molecule has 3 N–H and O–H groups in total. The van der Waals surface area contributed by atoms with E-state index in [1.165, 1.54) is 6.07 Å². The average molecular weight is 256 g/mol. The Bertz CT molecular complexity index is 687. The number of nitrogens with two attached hydrogens (primary N) is 1. The molecule has 0 atom stereocenters. The monoisotopic (exact) mass is 256 g/mol. The maximum atomic E-state index is 13.0. The van der Waals surface area contributed by atoms with Crippen molar-refractivity contribution in [2.24, 2.45) is 0 Å². The number of halogens is 1. The Balaban J connectivity index is 1.76. The smallest absolute Gasteiger partial charge is 0.177 e. The molecule has 0 fully saturated rings. The van der Waals surface area contributed by atoms with E-state index in [0.717, 1.165) is 35.4 Å². The first kappa shape index (κ1) is 11.6. The number of pyridine rings is 1. The SMILES string of the molecule is Nc1cc(CCc2nc3ncccc3[nH]2)ccc1F. The number of hydrogen-bond acceptors (Lipinski definition) is 3. The highest BCUT2D eigenvalue weighted by atomic mass is 19.1. The zero-order valence-corrected chi connectivity index (χ0v) is 10.2. The highest BCUT2D eigenvalue weighted by molar-refractivity contribution is 5.69. The minimum atomic E-state index is -0.378. The lowest BCUT2D eigenvalue weighted by atomic mass is 10.1. The lowest BCUT2D eigenvalue weighted by Gasteiger charge is -2.02. The number of fused-ring (bicyclic) bond motifs is 1. The van der Waals surface area contributed by atoms with Gasteiger partial charge in [-0.2, -0.15) is 0 Å². The van der Waals surface area contributed by atoms with E-state index in [2.05, 4.69) is 15.0 Å². The molecule has 0 unspecified atom stereocenters. The number of imidazole rings is 1. The Kier molecular flexibility index (Phi) is 2.87. The molecule has 5 heteroatoms. The fourth-order valence-corrected chi connectivity index (χ4v) is 2.02. The molecule has 2 aromatic heterocycles. The predicted octanol–water partition coefficient (Wildman–Crippen LogP) is 2.46. The van der Waals surface area contributed by atoms with Crippen LogP contribution in [-0.2, 0) is 12.8 Å². The van der Waals surface area contributed by atoms with E-state index >= 15 is 0 Å². The number of rotatable bonds is 3. The van der Waals surface area contributed by atoms with Crippen LogP contribution in [0.1, 0.15) is 11.4 Å². The Morgan fingerprint density at radius 1 is 1.21 bits per heavy atom. The van der Waals surface area contributed by atoms with Gasteiger partial charge in [-0.3, -0.25) is 0 Å². The quantitative estimate of drug-likeness (QED) is 0.707. The van der Waals surface area contributed by atoms with E-state index < -0.39 is 0 Å². The molecule has 0 saturated carbocycles. The van der Waals surface area contributed by atoms with Crippen molar-refractivity contribution in [2.75, 3.05) is 5.73 Å². The molecule has 3 aromatic rings. The van der Waals surface area contributed by atoms with Crippen LogP contribution in [0.5, 0.6) is 0 Å². The molecule has 4 nitrogen and oxygen atoms in total. The normalized spacial score (nSPS) is 11.0. The molecule has 2 heterocycles. The number of anilines is 1. The number of nitrogen functional groups attached to an aromatic ring is 1. The van der Waals surface area contributed by atoms with E-state index in [1.807, 2.05) is 12.1 Å². The fraction of sp³-hybridized carbons (Fsp3) is 0.143. The van der Waals surface area contributed by atoms with E-state index in [0.29, 0.717) is 0 Å². The first-order chi connectivity index (χ1) is 9.22. The van der Waals surface area contributed by atoms with Gasteiger partial charge in [0.05, 0.1) is 11.2 Å². The molecule has 3 rings (SSSR count). The summed E-state index contributed by atoms with van der Waals surface area (Å²) in [7, 11) is 0. The van der Waals surface area contributed by atoms with Crippen molar-refractivity contribution >= 4 is 16.9 Å². The maximum absolute atomic E-state index is 13.0. The molecule has 19 heavy (non-hydrogen) atoms. The number of aromatic nitrogens is 3. The van der Waals surface area contributed by atoms with Gasteiger partial charge in [0.1, 0.15) is 11.6 Å². The molecular formula is C14H13FN4. The van der Waals surface area contributed by atoms with Gasteiger partial charge in [0, 0.05) is 12.6 Å². The molecule has 1 aromatic carbocycles. The Hall–Kier alpha value is -2.43. The molecule has 0 aliphatic rings. The van der Waals surface area contributed by atoms with Crippen LogP contribution >= 0.6 is 0 Å². The van der Waals surface area contributed by atoms with Crippen LogP contribution in [0.4, 0.5) is 10.1 Å². The van der Waals surface area contributed by atoms with Crippen LogP contribution in [0.15, 0.2) is 36.5 Å². The lowest BCUT2D eigenvalue weighted by molar-refractivity contribution is 0.631. The van der Waals surface area contributed by atoms with Crippen LogP contribution in [0.3, 0.4) is 0 Å². The zero-order valence-electron chi connectivity index (χ0n) is 10.2. The summed E-state index contributed by atoms with van der Waals surface area (Å²) in [5.74, 6) is 0.494. The van der Waals surface area contributed by atoms with Gasteiger partial charge < -0.3 is 10.7 Å². The standard InChI is InChI=1S/C14H13FN4/c15-10-5-3-9(8-11(10)16)4-6-13-18-12-2-1-7-17-14(12)19-13/h1-3,5,7-8H,4,6,16H2,(H,17,18,19). The summed E-state index contributed by atoms with van der Waals surface area (Å²) in [4.78, 5) is 11.8. The largest absolute Gasteiger partial charge is 0.396 e. The summed E-state index contributed by atoms with van der Waals surface area (Å²) in [6.07, 6.45) is 3.21. The van der Waals surface area contributed by atoms with E-state index in [9.17, 15) is 4.39 Å². The van der Waals surface area contributed by atoms with Crippen molar-refractivity contribution in [1.29, 1.82) is 0 Å². The predicted molar refractivity (Wildman–Crippen MR) is 72.1 cm³/mol. The molecule has 96 valence electrons. The van der Waals surface area contributed by atoms with E-state index in [4.69, 9.17) is 5.73 Å². The average Bonchev–Trinajstić information content (AvgIpc) is 2.83. The van der Waals surface area contributed by atoms with Crippen LogP contribution in [-0.4, -0.2) is 15.0 Å². The number of nitrogens with one attached hydrogen (secondary N) is 1. The number of hydrogen-bond donors (Lipinski definition) is 2. The van der Waals surface area contributed by atoms with Gasteiger partial charge in [-0.25, -0.2) is 14.4 Å². The van der Waals surface area contributed by atoms with E-state index in [-0.39, 0.29) is 11.5 Å². The van der Waals surface area contributed by atoms with Crippen LogP contribution < -0.4 is 5.73 Å². The van der Waals surface area contributed by atoms with Gasteiger partial charge in [0.25, 0.3) is 0 Å². The number of H-pyrrole nitrogens is 1. The number of aromatic amines is 1. The minimum absolute atomic E-state index is 0.184. The minimum Gasteiger partial charge on any atom is -0.396 e. The maximum Gasteiger partial charge on any atom is 0.177 e. The number of aryl methyl sites for hydroxylation is 2. The van der Waals surface area contributed by atoms with Crippen molar-refractivity contribution < 1.29 is 4.39 Å². The first-order valence-corrected chi connectivity index (χ1v) is 6.06. The van der Waals surface area contributed by atoms with Crippen molar-refractivity contribution in [1.82, 2.24) is 15.0 Å². The molecule has 0 aliphatic carbocycles. The topological polar surface area (TPSA) is 67.6 Å². The summed E-state index contributed by atoms with van der Waals surface area (Å²) in [5.41, 5.74) is 8.36. The highest BCUT2D eigenvalue weighted by Crippen LogP contribution is 2.15. The van der Waals surface area contributed by atoms with Crippen molar-refractivity contribution in [3.05, 3.63) is 53.7 Å². The molecule has 0 aliphatic heterocycles. The van der Waals surface area contributed by atoms with Gasteiger partial charge in [-0.1, -0.05) is 6.07 Å². The summed E-state index contributed by atoms with van der Waals surface area (Å²) < 4.78 is 13.0. The third-order valence-electron chi connectivity index (χ3n) is 3.02. The Labute approximate surface area is 109 Å². The molecule has 0 saturated heterocycles. The third kappa shape index (κ3) is 2.40. The van der Waals surface area contributed by atoms with Gasteiger partial charge in [-0.15, -0.1) is 0 Å². The molecular weight excluding hydrogens is 243 g/mol. The van der Waals surface area contributed by atoms with Crippen LogP contribution in [0, 0.1) is 5.82 Å². The second-order valence-electron chi connectivity index (χ2n) is 4.41. The summed E-state index contributed by atoms with van der Waals surface area (Å²) in [5, 5.41) is 0. The molecule has 0 spiro atoms. The van der Waals surface area contributed by atoms with Crippen molar-refractivity contribution in [2.45, 2.75) is 12.8 Å². The number of benzene rings is 1. The van der Waals surface area contributed by atoms with Gasteiger partial charge in [0.2, 0.25) is 0 Å². The third-order valence-corrected chi connectivity index (χ3v) is 3.02. The summed E-state index contributed by atoms with van der Waals surface area (Å²) in [6.45, 7) is 0. The first-order valence-electron chi connectivity index (χ1n) is 6.06. The van der Waals surface area contributed by atoms with Gasteiger partial charge >= 0.3 is 0 Å². The fourth-order valence-electron chi connectivity index (χ4n) is 2.02. The Morgan fingerprint density at radius 3 is 2.89 bits per heavy atom. The summed E-state index contributed by atoms with van der Waals surface area (Å²) >= 11 is 0. The van der Waals surface area contributed by atoms with Gasteiger partial charge in [-0.05, 0) is 36.2 Å². The number of nitrogens with zero attached hydrogens (tertiary/aromatic N) is 2. The highest BCUT2D eigenvalue weighted by Gasteiger charge is 2.05. The zero-order chi connectivity index (χ0) is 13.2. The second kappa shape index (κ2) is 4.68. The summed E-state index contributed by atoms with van der Waals surface area (Å²) in [6, 6.07) is 8.60. The van der Waals surface area contributed by atoms with Crippen LogP contribution in [0.25, 0.3) is 11.2 Å². The van der Waals surface area contributed by atoms with Gasteiger partial charge in [0.15, 0.2) is 5.65 Å². The van der Waals surface area contributed by atoms with Crippen LogP contribution in [0.2, 0.25) is 0 Å².